The molecule has 5 nitrogen and oxygen atoms in total. The van der Waals surface area contributed by atoms with Gasteiger partial charge in [0.05, 0.1) is 18.6 Å². The standard InChI is InChI=1S/C11H24N2O3/c1-8(2)10(6-12)11(15)13-5-4-9(14)7-16-3/h8-10,14H,4-7,12H2,1-3H3,(H,13,15). The van der Waals surface area contributed by atoms with Crippen molar-refractivity contribution in [3.8, 4) is 0 Å². The molecule has 0 spiro atoms. The first kappa shape index (κ1) is 15.3. The lowest BCUT2D eigenvalue weighted by Gasteiger charge is -2.18. The number of carbonyl (C=O) groups is 1. The molecule has 0 aromatic heterocycles. The molecule has 0 bridgehead atoms. The van der Waals surface area contributed by atoms with Crippen LogP contribution < -0.4 is 11.1 Å². The zero-order valence-corrected chi connectivity index (χ0v) is 10.4. The molecule has 0 fully saturated rings. The molecule has 0 saturated carbocycles. The van der Waals surface area contributed by atoms with Crippen LogP contribution >= 0.6 is 0 Å². The van der Waals surface area contributed by atoms with Gasteiger partial charge in [-0.25, -0.2) is 0 Å². The minimum Gasteiger partial charge on any atom is -0.391 e. The molecule has 0 aromatic carbocycles. The Balaban J connectivity index is 3.79. The Morgan fingerprint density at radius 1 is 1.50 bits per heavy atom. The van der Waals surface area contributed by atoms with Gasteiger partial charge in [-0.1, -0.05) is 13.8 Å². The average Bonchev–Trinajstić information content (AvgIpc) is 2.18. The van der Waals surface area contributed by atoms with E-state index < -0.39 is 6.10 Å². The molecule has 0 aromatic rings. The molecular formula is C11H24N2O3. The molecule has 2 atom stereocenters. The summed E-state index contributed by atoms with van der Waals surface area (Å²) in [6.07, 6.45) is -0.0321. The van der Waals surface area contributed by atoms with Crippen LogP contribution in [0.2, 0.25) is 0 Å². The van der Waals surface area contributed by atoms with E-state index in [2.05, 4.69) is 5.32 Å². The van der Waals surface area contributed by atoms with Gasteiger partial charge in [-0.05, 0) is 12.3 Å². The second-order valence-corrected chi connectivity index (χ2v) is 4.28. The van der Waals surface area contributed by atoms with Gasteiger partial charge >= 0.3 is 0 Å². The van der Waals surface area contributed by atoms with E-state index in [0.29, 0.717) is 26.1 Å². The van der Waals surface area contributed by atoms with E-state index in [0.717, 1.165) is 0 Å². The fourth-order valence-electron chi connectivity index (χ4n) is 1.45. The van der Waals surface area contributed by atoms with Crippen molar-refractivity contribution in [3.63, 3.8) is 0 Å². The molecule has 1 amide bonds. The van der Waals surface area contributed by atoms with E-state index in [1.165, 1.54) is 7.11 Å². The number of amides is 1. The normalized spacial score (nSPS) is 14.9. The third-order valence-electron chi connectivity index (χ3n) is 2.53. The summed E-state index contributed by atoms with van der Waals surface area (Å²) in [6.45, 7) is 5.03. The van der Waals surface area contributed by atoms with E-state index in [4.69, 9.17) is 10.5 Å². The van der Waals surface area contributed by atoms with Crippen molar-refractivity contribution in [2.45, 2.75) is 26.4 Å². The Hall–Kier alpha value is -0.650. The Kier molecular flexibility index (Phi) is 8.15. The Labute approximate surface area is 97.3 Å². The molecule has 0 aliphatic heterocycles. The topological polar surface area (TPSA) is 84.6 Å². The summed E-state index contributed by atoms with van der Waals surface area (Å²) in [4.78, 5) is 11.7. The molecule has 0 aliphatic rings. The van der Waals surface area contributed by atoms with Crippen molar-refractivity contribution in [2.24, 2.45) is 17.6 Å². The van der Waals surface area contributed by atoms with Crippen LogP contribution in [0.3, 0.4) is 0 Å². The fraction of sp³-hybridized carbons (Fsp3) is 0.909. The highest BCUT2D eigenvalue weighted by Gasteiger charge is 2.19. The van der Waals surface area contributed by atoms with Gasteiger partial charge in [-0.3, -0.25) is 4.79 Å². The highest BCUT2D eigenvalue weighted by Crippen LogP contribution is 2.08. The minimum atomic E-state index is -0.527. The van der Waals surface area contributed by atoms with Crippen molar-refractivity contribution in [1.29, 1.82) is 0 Å². The van der Waals surface area contributed by atoms with Gasteiger partial charge in [0, 0.05) is 20.2 Å². The van der Waals surface area contributed by atoms with Crippen molar-refractivity contribution in [2.75, 3.05) is 26.8 Å². The molecule has 4 N–H and O–H groups in total. The predicted octanol–water partition coefficient (Wildman–Crippen LogP) is -0.269. The maximum absolute atomic E-state index is 11.7. The van der Waals surface area contributed by atoms with Gasteiger partial charge in [0.25, 0.3) is 0 Å². The van der Waals surface area contributed by atoms with E-state index in [1.807, 2.05) is 13.8 Å². The molecule has 0 radical (unpaired) electrons. The van der Waals surface area contributed by atoms with Gasteiger partial charge in [0.1, 0.15) is 0 Å². The number of aliphatic hydroxyl groups is 1. The molecule has 5 heteroatoms. The van der Waals surface area contributed by atoms with Crippen molar-refractivity contribution >= 4 is 5.91 Å². The first-order valence-corrected chi connectivity index (χ1v) is 5.67. The van der Waals surface area contributed by atoms with Crippen LogP contribution in [-0.2, 0) is 9.53 Å². The number of hydrogen-bond acceptors (Lipinski definition) is 4. The molecule has 96 valence electrons. The highest BCUT2D eigenvalue weighted by atomic mass is 16.5. The lowest BCUT2D eigenvalue weighted by Crippen LogP contribution is -2.39. The van der Waals surface area contributed by atoms with Gasteiger partial charge in [0.15, 0.2) is 0 Å². The quantitative estimate of drug-likeness (QED) is 0.538. The summed E-state index contributed by atoms with van der Waals surface area (Å²) in [5.41, 5.74) is 5.52. The SMILES string of the molecule is COCC(O)CCNC(=O)C(CN)C(C)C. The number of ether oxygens (including phenoxy) is 1. The first-order chi connectivity index (χ1) is 7.52. The molecule has 16 heavy (non-hydrogen) atoms. The van der Waals surface area contributed by atoms with Crippen LogP contribution in [0.5, 0.6) is 0 Å². The maximum Gasteiger partial charge on any atom is 0.224 e. The fourth-order valence-corrected chi connectivity index (χ4v) is 1.45. The van der Waals surface area contributed by atoms with E-state index in [1.54, 1.807) is 0 Å². The van der Waals surface area contributed by atoms with Gasteiger partial charge in [0.2, 0.25) is 5.91 Å². The summed E-state index contributed by atoms with van der Waals surface area (Å²) in [5, 5.41) is 12.1. The zero-order chi connectivity index (χ0) is 12.6. The van der Waals surface area contributed by atoms with E-state index >= 15 is 0 Å². The van der Waals surface area contributed by atoms with Gasteiger partial charge < -0.3 is 20.9 Å². The number of carbonyl (C=O) groups excluding carboxylic acids is 1. The number of methoxy groups -OCH3 is 1. The van der Waals surface area contributed by atoms with E-state index in [9.17, 15) is 9.90 Å². The second kappa shape index (κ2) is 8.50. The Bertz CT molecular complexity index is 198. The number of aliphatic hydroxyl groups excluding tert-OH is 1. The third-order valence-corrected chi connectivity index (χ3v) is 2.53. The largest absolute Gasteiger partial charge is 0.391 e. The van der Waals surface area contributed by atoms with E-state index in [-0.39, 0.29) is 17.7 Å². The summed E-state index contributed by atoms with van der Waals surface area (Å²) in [7, 11) is 1.53. The van der Waals surface area contributed by atoms with Crippen LogP contribution in [0.15, 0.2) is 0 Å². The lowest BCUT2D eigenvalue weighted by atomic mass is 9.95. The van der Waals surface area contributed by atoms with Crippen LogP contribution in [-0.4, -0.2) is 43.9 Å². The molecule has 2 unspecified atom stereocenters. The number of hydrogen-bond donors (Lipinski definition) is 3. The summed E-state index contributed by atoms with van der Waals surface area (Å²) < 4.78 is 4.79. The molecule has 0 saturated heterocycles. The third kappa shape index (κ3) is 6.05. The van der Waals surface area contributed by atoms with Crippen LogP contribution in [0.4, 0.5) is 0 Å². The average molecular weight is 232 g/mol. The predicted molar refractivity (Wildman–Crippen MR) is 62.9 cm³/mol. The molecule has 0 heterocycles. The van der Waals surface area contributed by atoms with Crippen LogP contribution in [0, 0.1) is 11.8 Å². The monoisotopic (exact) mass is 232 g/mol. The van der Waals surface area contributed by atoms with Crippen molar-refractivity contribution in [1.82, 2.24) is 5.32 Å². The molecule has 0 aliphatic carbocycles. The second-order valence-electron chi connectivity index (χ2n) is 4.28. The van der Waals surface area contributed by atoms with Crippen LogP contribution in [0.25, 0.3) is 0 Å². The zero-order valence-electron chi connectivity index (χ0n) is 10.4. The van der Waals surface area contributed by atoms with Crippen molar-refractivity contribution < 1.29 is 14.6 Å². The Morgan fingerprint density at radius 2 is 2.12 bits per heavy atom. The number of nitrogens with one attached hydrogen (secondary N) is 1. The lowest BCUT2D eigenvalue weighted by molar-refractivity contribution is -0.126. The summed E-state index contributed by atoms with van der Waals surface area (Å²) in [5.74, 6) is 0.0376. The van der Waals surface area contributed by atoms with Crippen LogP contribution in [0.1, 0.15) is 20.3 Å². The first-order valence-electron chi connectivity index (χ1n) is 5.67. The summed E-state index contributed by atoms with van der Waals surface area (Å²) >= 11 is 0. The summed E-state index contributed by atoms with van der Waals surface area (Å²) in [6, 6.07) is 0. The maximum atomic E-state index is 11.7. The number of nitrogens with two attached hydrogens (primary N) is 1. The minimum absolute atomic E-state index is 0.0397. The van der Waals surface area contributed by atoms with Gasteiger partial charge in [-0.2, -0.15) is 0 Å². The number of rotatable bonds is 8. The highest BCUT2D eigenvalue weighted by molar-refractivity contribution is 5.79. The van der Waals surface area contributed by atoms with Gasteiger partial charge in [-0.15, -0.1) is 0 Å². The smallest absolute Gasteiger partial charge is 0.224 e. The Morgan fingerprint density at radius 3 is 2.56 bits per heavy atom. The molecule has 0 rings (SSSR count). The molecular weight excluding hydrogens is 208 g/mol. The van der Waals surface area contributed by atoms with Crippen molar-refractivity contribution in [3.05, 3.63) is 0 Å².